The van der Waals surface area contributed by atoms with E-state index < -0.39 is 0 Å². The Labute approximate surface area is 146 Å². The van der Waals surface area contributed by atoms with E-state index in [0.29, 0.717) is 12.2 Å². The fourth-order valence-corrected chi connectivity index (χ4v) is 3.36. The number of carbonyl (C=O) groups excluding carboxylic acids is 1. The molecule has 1 aromatic heterocycles. The average Bonchev–Trinajstić information content (AvgIpc) is 3.24. The minimum absolute atomic E-state index is 0.227. The third kappa shape index (κ3) is 3.00. The van der Waals surface area contributed by atoms with Crippen LogP contribution in [0.2, 0.25) is 0 Å². The van der Waals surface area contributed by atoms with Gasteiger partial charge in [0.1, 0.15) is 0 Å². The number of nitrogens with one attached hydrogen (secondary N) is 1. The van der Waals surface area contributed by atoms with E-state index in [0.717, 1.165) is 30.5 Å². The molecule has 0 unspecified atom stereocenters. The Bertz CT molecular complexity index is 934. The van der Waals surface area contributed by atoms with Crippen molar-refractivity contribution in [2.75, 3.05) is 26.0 Å². The van der Waals surface area contributed by atoms with Gasteiger partial charge in [-0.2, -0.15) is 0 Å². The van der Waals surface area contributed by atoms with Crippen LogP contribution in [0.25, 0.3) is 10.8 Å². The number of anilines is 1. The molecule has 0 saturated carbocycles. The molecule has 1 aliphatic carbocycles. The molecule has 2 aromatic carbocycles. The molecule has 0 spiro atoms. The van der Waals surface area contributed by atoms with Gasteiger partial charge in [0.05, 0.1) is 12.7 Å². The second-order valence-corrected chi connectivity index (χ2v) is 6.74. The summed E-state index contributed by atoms with van der Waals surface area (Å²) in [4.78, 5) is 14.6. The Hall–Kier alpha value is -2.73. The van der Waals surface area contributed by atoms with Crippen molar-refractivity contribution in [3.63, 3.8) is 0 Å². The highest BCUT2D eigenvalue weighted by atomic mass is 16.2. The lowest BCUT2D eigenvalue weighted by Crippen LogP contribution is -2.18. The molecule has 3 aromatic rings. The normalized spacial score (nSPS) is 12.9. The molecule has 4 rings (SSSR count). The van der Waals surface area contributed by atoms with Crippen molar-refractivity contribution in [1.82, 2.24) is 19.9 Å². The van der Waals surface area contributed by atoms with Crippen molar-refractivity contribution in [3.8, 4) is 0 Å². The number of benzene rings is 2. The van der Waals surface area contributed by atoms with Crippen LogP contribution in [0.1, 0.15) is 21.6 Å². The highest BCUT2D eigenvalue weighted by molar-refractivity contribution is 6.09. The standard InChI is InChI=1S/C19H21N5O/c1-23(2)10-11-24-12-17(21-22-24)19(25)20-16-9-8-14-7-6-13-4-3-5-15(16)18(13)14/h3-5,8-9,12H,6-7,10-11H2,1-2H3,(H,20,25). The van der Waals surface area contributed by atoms with Gasteiger partial charge in [-0.3, -0.25) is 9.48 Å². The summed E-state index contributed by atoms with van der Waals surface area (Å²) in [5, 5.41) is 13.4. The predicted octanol–water partition coefficient (Wildman–Crippen LogP) is 2.34. The van der Waals surface area contributed by atoms with E-state index in [9.17, 15) is 4.79 Å². The summed E-state index contributed by atoms with van der Waals surface area (Å²) in [7, 11) is 4.00. The first-order chi connectivity index (χ1) is 12.1. The molecule has 0 atom stereocenters. The smallest absolute Gasteiger partial charge is 0.277 e. The van der Waals surface area contributed by atoms with Crippen molar-refractivity contribution < 1.29 is 4.79 Å². The quantitative estimate of drug-likeness (QED) is 0.777. The second-order valence-electron chi connectivity index (χ2n) is 6.74. The van der Waals surface area contributed by atoms with Crippen molar-refractivity contribution >= 4 is 22.4 Å². The largest absolute Gasteiger partial charge is 0.320 e. The Morgan fingerprint density at radius 3 is 2.80 bits per heavy atom. The summed E-state index contributed by atoms with van der Waals surface area (Å²) in [6.07, 6.45) is 3.84. The van der Waals surface area contributed by atoms with Gasteiger partial charge in [0, 0.05) is 17.6 Å². The lowest BCUT2D eigenvalue weighted by atomic mass is 10.0. The molecule has 25 heavy (non-hydrogen) atoms. The maximum absolute atomic E-state index is 12.6. The molecule has 0 radical (unpaired) electrons. The van der Waals surface area contributed by atoms with E-state index >= 15 is 0 Å². The first-order valence-corrected chi connectivity index (χ1v) is 8.51. The van der Waals surface area contributed by atoms with Crippen LogP contribution >= 0.6 is 0 Å². The molecule has 128 valence electrons. The summed E-state index contributed by atoms with van der Waals surface area (Å²) in [6, 6.07) is 10.4. The van der Waals surface area contributed by atoms with Crippen LogP contribution in [0.4, 0.5) is 5.69 Å². The summed E-state index contributed by atoms with van der Waals surface area (Å²) >= 11 is 0. The molecule has 0 aliphatic heterocycles. The van der Waals surface area contributed by atoms with Gasteiger partial charge >= 0.3 is 0 Å². The van der Waals surface area contributed by atoms with E-state index in [1.807, 2.05) is 20.2 Å². The number of carbonyl (C=O) groups is 1. The number of nitrogens with zero attached hydrogens (tertiary/aromatic N) is 4. The van der Waals surface area contributed by atoms with Crippen molar-refractivity contribution in [1.29, 1.82) is 0 Å². The molecule has 1 aliphatic rings. The van der Waals surface area contributed by atoms with E-state index in [2.05, 4.69) is 44.8 Å². The topological polar surface area (TPSA) is 63.1 Å². The molecular formula is C19H21N5O. The highest BCUT2D eigenvalue weighted by Crippen LogP contribution is 2.35. The zero-order valence-corrected chi connectivity index (χ0v) is 14.5. The number of aromatic nitrogens is 3. The Morgan fingerprint density at radius 2 is 2.00 bits per heavy atom. The van der Waals surface area contributed by atoms with Gasteiger partial charge in [0.15, 0.2) is 5.69 Å². The van der Waals surface area contributed by atoms with Crippen molar-refractivity contribution in [3.05, 3.63) is 53.3 Å². The second kappa shape index (κ2) is 6.29. The number of amides is 1. The Balaban J connectivity index is 1.57. The van der Waals surface area contributed by atoms with Gasteiger partial charge in [-0.25, -0.2) is 0 Å². The maximum atomic E-state index is 12.6. The fourth-order valence-electron chi connectivity index (χ4n) is 3.36. The van der Waals surface area contributed by atoms with E-state index in [-0.39, 0.29) is 5.91 Å². The molecule has 6 nitrogen and oxygen atoms in total. The molecule has 1 N–H and O–H groups in total. The lowest BCUT2D eigenvalue weighted by Gasteiger charge is -2.09. The maximum Gasteiger partial charge on any atom is 0.277 e. The Kier molecular flexibility index (Phi) is 3.97. The van der Waals surface area contributed by atoms with E-state index in [1.165, 1.54) is 16.5 Å². The van der Waals surface area contributed by atoms with Gasteiger partial charge in [0.2, 0.25) is 0 Å². The molecular weight excluding hydrogens is 314 g/mol. The van der Waals surface area contributed by atoms with Crippen molar-refractivity contribution in [2.24, 2.45) is 0 Å². The summed E-state index contributed by atoms with van der Waals surface area (Å²) in [5.74, 6) is -0.227. The number of hydrogen-bond acceptors (Lipinski definition) is 4. The molecule has 0 saturated heterocycles. The number of likely N-dealkylation sites (N-methyl/N-ethyl adjacent to an activating group) is 1. The van der Waals surface area contributed by atoms with Crippen LogP contribution in [-0.2, 0) is 19.4 Å². The molecule has 1 amide bonds. The first kappa shape index (κ1) is 15.8. The van der Waals surface area contributed by atoms with Crippen LogP contribution in [0.3, 0.4) is 0 Å². The monoisotopic (exact) mass is 335 g/mol. The van der Waals surface area contributed by atoms with Crippen LogP contribution in [0, 0.1) is 0 Å². The number of aryl methyl sites for hydroxylation is 2. The van der Waals surface area contributed by atoms with Crippen LogP contribution < -0.4 is 5.32 Å². The fraction of sp³-hybridized carbons (Fsp3) is 0.316. The van der Waals surface area contributed by atoms with E-state index in [4.69, 9.17) is 0 Å². The third-order valence-electron chi connectivity index (χ3n) is 4.67. The minimum Gasteiger partial charge on any atom is -0.320 e. The lowest BCUT2D eigenvalue weighted by molar-refractivity contribution is 0.102. The SMILES string of the molecule is CN(C)CCn1cc(C(=O)Nc2ccc3c4c(cccc24)CC3)nn1. The zero-order valence-electron chi connectivity index (χ0n) is 14.5. The number of rotatable bonds is 5. The molecule has 1 heterocycles. The van der Waals surface area contributed by atoms with Crippen LogP contribution in [-0.4, -0.2) is 46.4 Å². The zero-order chi connectivity index (χ0) is 17.4. The molecule has 0 fully saturated rings. The highest BCUT2D eigenvalue weighted by Gasteiger charge is 2.18. The predicted molar refractivity (Wildman–Crippen MR) is 97.9 cm³/mol. The van der Waals surface area contributed by atoms with Gasteiger partial charge < -0.3 is 10.2 Å². The summed E-state index contributed by atoms with van der Waals surface area (Å²) in [6.45, 7) is 1.55. The summed E-state index contributed by atoms with van der Waals surface area (Å²) in [5.41, 5.74) is 3.88. The van der Waals surface area contributed by atoms with E-state index in [1.54, 1.807) is 10.9 Å². The van der Waals surface area contributed by atoms with Gasteiger partial charge in [-0.15, -0.1) is 5.10 Å². The molecule has 6 heteroatoms. The minimum atomic E-state index is -0.227. The molecule has 0 bridgehead atoms. The van der Waals surface area contributed by atoms with Gasteiger partial charge in [-0.1, -0.05) is 29.5 Å². The third-order valence-corrected chi connectivity index (χ3v) is 4.67. The Morgan fingerprint density at radius 1 is 1.20 bits per heavy atom. The van der Waals surface area contributed by atoms with Crippen LogP contribution in [0.5, 0.6) is 0 Å². The average molecular weight is 335 g/mol. The van der Waals surface area contributed by atoms with Crippen molar-refractivity contribution in [2.45, 2.75) is 19.4 Å². The van der Waals surface area contributed by atoms with Crippen LogP contribution in [0.15, 0.2) is 36.5 Å². The summed E-state index contributed by atoms with van der Waals surface area (Å²) < 4.78 is 1.70. The van der Waals surface area contributed by atoms with Gasteiger partial charge in [0.25, 0.3) is 5.91 Å². The van der Waals surface area contributed by atoms with Gasteiger partial charge in [-0.05, 0) is 49.5 Å². The first-order valence-electron chi connectivity index (χ1n) is 8.51. The number of hydrogen-bond donors (Lipinski definition) is 1.